The van der Waals surface area contributed by atoms with Gasteiger partial charge >= 0.3 is 0 Å². The molecule has 31 heavy (non-hydrogen) atoms. The van der Waals surface area contributed by atoms with E-state index in [1.165, 1.54) is 0 Å². The number of hydrogen-bond acceptors (Lipinski definition) is 3. The maximum absolute atomic E-state index is 11.7. The summed E-state index contributed by atoms with van der Waals surface area (Å²) in [6.07, 6.45) is 1.86. The highest BCUT2D eigenvalue weighted by molar-refractivity contribution is 14.0. The molecule has 3 N–H and O–H groups in total. The van der Waals surface area contributed by atoms with Gasteiger partial charge in [-0.15, -0.1) is 24.0 Å². The van der Waals surface area contributed by atoms with Crippen molar-refractivity contribution in [2.75, 3.05) is 20.6 Å². The Labute approximate surface area is 200 Å². The van der Waals surface area contributed by atoms with Gasteiger partial charge in [0.05, 0.1) is 25.0 Å². The van der Waals surface area contributed by atoms with Gasteiger partial charge in [0, 0.05) is 26.2 Å². The number of amides is 1. The molecule has 3 aromatic rings. The summed E-state index contributed by atoms with van der Waals surface area (Å²) in [7, 11) is 3.61. The molecule has 1 amide bonds. The Morgan fingerprint density at radius 1 is 1.13 bits per heavy atom. The van der Waals surface area contributed by atoms with Crippen LogP contribution in [0.15, 0.2) is 65.8 Å². The molecule has 3 rings (SSSR count). The average Bonchev–Trinajstić information content (AvgIpc) is 3.25. The third-order valence-corrected chi connectivity index (χ3v) is 4.65. The van der Waals surface area contributed by atoms with E-state index in [2.05, 4.69) is 32.7 Å². The van der Waals surface area contributed by atoms with Gasteiger partial charge in [-0.25, -0.2) is 9.98 Å². The number of halogens is 1. The third-order valence-electron chi connectivity index (χ3n) is 4.65. The first-order valence-corrected chi connectivity index (χ1v) is 10.0. The summed E-state index contributed by atoms with van der Waals surface area (Å²) in [6.45, 7) is 3.94. The number of aliphatic imine (C=N–C) groups is 1. The Morgan fingerprint density at radius 2 is 1.84 bits per heavy atom. The standard InChI is InChI=1S/C23H28N6O.HI/c1-4-25-23(27-14-17-10-12-19(13-11-17)22(30)24-2)29(3)16-21-26-15-20(28-21)18-8-6-5-7-9-18;/h5-13,15H,4,14,16H2,1-3H3,(H,24,30)(H,25,27)(H,26,28);1H. The zero-order valence-electron chi connectivity index (χ0n) is 18.1. The van der Waals surface area contributed by atoms with Crippen LogP contribution >= 0.6 is 24.0 Å². The molecule has 0 aliphatic heterocycles. The van der Waals surface area contributed by atoms with Crippen LogP contribution in [0.5, 0.6) is 0 Å². The zero-order valence-corrected chi connectivity index (χ0v) is 20.4. The summed E-state index contributed by atoms with van der Waals surface area (Å²) in [6, 6.07) is 17.6. The molecule has 0 fully saturated rings. The number of guanidine groups is 1. The van der Waals surface area contributed by atoms with Crippen LogP contribution in [-0.2, 0) is 13.1 Å². The van der Waals surface area contributed by atoms with E-state index in [1.54, 1.807) is 7.05 Å². The van der Waals surface area contributed by atoms with Crippen molar-refractivity contribution in [3.63, 3.8) is 0 Å². The normalized spacial score (nSPS) is 10.9. The third kappa shape index (κ3) is 6.81. The Balaban J connectivity index is 0.00000341. The molecule has 7 nitrogen and oxygen atoms in total. The van der Waals surface area contributed by atoms with Crippen LogP contribution in [0.4, 0.5) is 0 Å². The van der Waals surface area contributed by atoms with Crippen molar-refractivity contribution in [3.05, 3.63) is 77.7 Å². The number of hydrogen-bond donors (Lipinski definition) is 3. The fourth-order valence-electron chi connectivity index (χ4n) is 3.05. The van der Waals surface area contributed by atoms with Gasteiger partial charge in [-0.3, -0.25) is 4.79 Å². The van der Waals surface area contributed by atoms with Crippen LogP contribution in [0, 0.1) is 0 Å². The van der Waals surface area contributed by atoms with Gasteiger partial charge in [0.2, 0.25) is 0 Å². The Morgan fingerprint density at radius 3 is 2.48 bits per heavy atom. The number of rotatable bonds is 7. The van der Waals surface area contributed by atoms with E-state index >= 15 is 0 Å². The molecule has 1 aromatic heterocycles. The molecule has 0 radical (unpaired) electrons. The Bertz CT molecular complexity index is 985. The first kappa shape index (κ1) is 24.4. The van der Waals surface area contributed by atoms with Crippen LogP contribution in [-0.4, -0.2) is 47.4 Å². The predicted molar refractivity (Wildman–Crippen MR) is 136 cm³/mol. The van der Waals surface area contributed by atoms with E-state index in [0.717, 1.165) is 35.1 Å². The van der Waals surface area contributed by atoms with E-state index in [4.69, 9.17) is 4.99 Å². The molecule has 0 unspecified atom stereocenters. The summed E-state index contributed by atoms with van der Waals surface area (Å²) < 4.78 is 0. The van der Waals surface area contributed by atoms with Gasteiger partial charge in [0.25, 0.3) is 5.91 Å². The number of nitrogens with zero attached hydrogens (tertiary/aromatic N) is 3. The van der Waals surface area contributed by atoms with Crippen molar-refractivity contribution in [1.82, 2.24) is 25.5 Å². The van der Waals surface area contributed by atoms with Crippen molar-refractivity contribution in [1.29, 1.82) is 0 Å². The second kappa shape index (κ2) is 12.1. The molecule has 0 atom stereocenters. The monoisotopic (exact) mass is 532 g/mol. The summed E-state index contributed by atoms with van der Waals surface area (Å²) in [4.78, 5) is 26.3. The van der Waals surface area contributed by atoms with Crippen molar-refractivity contribution >= 4 is 35.8 Å². The van der Waals surface area contributed by atoms with Crippen LogP contribution in [0.3, 0.4) is 0 Å². The smallest absolute Gasteiger partial charge is 0.251 e. The molecule has 164 valence electrons. The number of benzene rings is 2. The molecule has 0 saturated heterocycles. The lowest BCUT2D eigenvalue weighted by atomic mass is 10.1. The SMILES string of the molecule is CCNC(=NCc1ccc(C(=O)NC)cc1)N(C)Cc1ncc(-c2ccccc2)[nH]1.I. The summed E-state index contributed by atoms with van der Waals surface area (Å²) in [5, 5.41) is 5.95. The zero-order chi connectivity index (χ0) is 21.3. The topological polar surface area (TPSA) is 85.4 Å². The molecule has 0 aliphatic rings. The quantitative estimate of drug-likeness (QED) is 0.247. The van der Waals surface area contributed by atoms with Gasteiger partial charge in [0.15, 0.2) is 5.96 Å². The van der Waals surface area contributed by atoms with Gasteiger partial charge in [-0.05, 0) is 30.2 Å². The molecule has 1 heterocycles. The van der Waals surface area contributed by atoms with Gasteiger partial charge in [-0.2, -0.15) is 0 Å². The number of aromatic nitrogens is 2. The highest BCUT2D eigenvalue weighted by atomic mass is 127. The molecule has 2 aromatic carbocycles. The lowest BCUT2D eigenvalue weighted by Crippen LogP contribution is -2.38. The molecular formula is C23H29IN6O. The maximum Gasteiger partial charge on any atom is 0.251 e. The lowest BCUT2D eigenvalue weighted by molar-refractivity contribution is 0.0963. The van der Waals surface area contributed by atoms with Crippen LogP contribution in [0.1, 0.15) is 28.7 Å². The molecule has 8 heteroatoms. The number of imidazole rings is 1. The van der Waals surface area contributed by atoms with E-state index < -0.39 is 0 Å². The number of nitrogens with one attached hydrogen (secondary N) is 3. The minimum atomic E-state index is -0.0913. The van der Waals surface area contributed by atoms with Crippen molar-refractivity contribution in [2.24, 2.45) is 4.99 Å². The number of carbonyl (C=O) groups is 1. The predicted octanol–water partition coefficient (Wildman–Crippen LogP) is 3.65. The molecule has 0 bridgehead atoms. The van der Waals surface area contributed by atoms with Crippen LogP contribution < -0.4 is 10.6 Å². The number of aromatic amines is 1. The average molecular weight is 532 g/mol. The van der Waals surface area contributed by atoms with Crippen molar-refractivity contribution < 1.29 is 4.79 Å². The highest BCUT2D eigenvalue weighted by Crippen LogP contribution is 2.16. The summed E-state index contributed by atoms with van der Waals surface area (Å²) >= 11 is 0. The Kier molecular flexibility index (Phi) is 9.51. The van der Waals surface area contributed by atoms with Gasteiger partial charge < -0.3 is 20.5 Å². The molecule has 0 saturated carbocycles. The van der Waals surface area contributed by atoms with E-state index in [1.807, 2.05) is 67.5 Å². The summed E-state index contributed by atoms with van der Waals surface area (Å²) in [5.41, 5.74) is 3.79. The molecule has 0 spiro atoms. The lowest BCUT2D eigenvalue weighted by Gasteiger charge is -2.21. The van der Waals surface area contributed by atoms with Gasteiger partial charge in [0.1, 0.15) is 5.82 Å². The van der Waals surface area contributed by atoms with Crippen LogP contribution in [0.2, 0.25) is 0 Å². The molecule has 0 aliphatic carbocycles. The van der Waals surface area contributed by atoms with Gasteiger partial charge in [-0.1, -0.05) is 42.5 Å². The number of H-pyrrole nitrogens is 1. The van der Waals surface area contributed by atoms with E-state index in [0.29, 0.717) is 18.7 Å². The molecular weight excluding hydrogens is 503 g/mol. The van der Waals surface area contributed by atoms with Crippen molar-refractivity contribution in [2.45, 2.75) is 20.0 Å². The highest BCUT2D eigenvalue weighted by Gasteiger charge is 2.10. The van der Waals surface area contributed by atoms with E-state index in [9.17, 15) is 4.79 Å². The van der Waals surface area contributed by atoms with Crippen molar-refractivity contribution in [3.8, 4) is 11.3 Å². The second-order valence-corrected chi connectivity index (χ2v) is 6.91. The summed E-state index contributed by atoms with van der Waals surface area (Å²) in [5.74, 6) is 1.58. The fourth-order valence-corrected chi connectivity index (χ4v) is 3.05. The number of carbonyl (C=O) groups excluding carboxylic acids is 1. The minimum Gasteiger partial charge on any atom is -0.357 e. The maximum atomic E-state index is 11.7. The largest absolute Gasteiger partial charge is 0.357 e. The first-order valence-electron chi connectivity index (χ1n) is 10.0. The first-order chi connectivity index (χ1) is 14.6. The fraction of sp³-hybridized carbons (Fsp3) is 0.261. The minimum absolute atomic E-state index is 0. The Hall–Kier alpha value is -2.88. The van der Waals surface area contributed by atoms with Crippen LogP contribution in [0.25, 0.3) is 11.3 Å². The second-order valence-electron chi connectivity index (χ2n) is 6.91. The van der Waals surface area contributed by atoms with E-state index in [-0.39, 0.29) is 29.9 Å².